The van der Waals surface area contributed by atoms with Gasteiger partial charge in [-0.2, -0.15) is 0 Å². The molecule has 2 nitrogen and oxygen atoms in total. The normalized spacial score (nSPS) is 38.0. The van der Waals surface area contributed by atoms with E-state index in [1.165, 1.54) is 25.7 Å². The Morgan fingerprint density at radius 1 is 1.60 bits per heavy atom. The summed E-state index contributed by atoms with van der Waals surface area (Å²) in [5.74, 6) is 1.38. The summed E-state index contributed by atoms with van der Waals surface area (Å²) in [6, 6.07) is 0. The zero-order chi connectivity index (χ0) is 11.1. The van der Waals surface area contributed by atoms with Crippen molar-refractivity contribution in [2.45, 2.75) is 39.5 Å². The first-order chi connectivity index (χ1) is 7.03. The van der Waals surface area contributed by atoms with Gasteiger partial charge in [0.2, 0.25) is 0 Å². The van der Waals surface area contributed by atoms with Crippen molar-refractivity contribution in [2.75, 3.05) is 6.61 Å². The zero-order valence-corrected chi connectivity index (χ0v) is 9.71. The molecule has 0 heterocycles. The molecule has 0 aromatic rings. The average molecular weight is 208 g/mol. The van der Waals surface area contributed by atoms with Gasteiger partial charge in [-0.1, -0.05) is 13.5 Å². The average Bonchev–Trinajstić information content (AvgIpc) is 2.71. The van der Waals surface area contributed by atoms with Crippen LogP contribution in [-0.2, 0) is 9.53 Å². The van der Waals surface area contributed by atoms with E-state index in [1.54, 1.807) is 6.92 Å². The van der Waals surface area contributed by atoms with Gasteiger partial charge in [-0.05, 0) is 44.4 Å². The number of carbonyl (C=O) groups excluding carboxylic acids is 1. The number of fused-ring (bicyclic) bond motifs is 2. The van der Waals surface area contributed by atoms with Crippen molar-refractivity contribution in [1.82, 2.24) is 0 Å². The third kappa shape index (κ3) is 1.82. The number of hydrogen-bond acceptors (Lipinski definition) is 2. The first-order valence-corrected chi connectivity index (χ1v) is 5.86. The van der Waals surface area contributed by atoms with Crippen molar-refractivity contribution in [2.24, 2.45) is 17.3 Å². The molecule has 3 atom stereocenters. The molecule has 2 rings (SSSR count). The highest BCUT2D eigenvalue weighted by Gasteiger charge is 2.50. The second kappa shape index (κ2) is 3.66. The highest BCUT2D eigenvalue weighted by Crippen LogP contribution is 2.57. The second-order valence-corrected chi connectivity index (χ2v) is 5.46. The van der Waals surface area contributed by atoms with Crippen molar-refractivity contribution in [1.29, 1.82) is 0 Å². The van der Waals surface area contributed by atoms with Crippen molar-refractivity contribution < 1.29 is 9.53 Å². The largest absolute Gasteiger partial charge is 0.462 e. The predicted molar refractivity (Wildman–Crippen MR) is 59.3 cm³/mol. The Morgan fingerprint density at radius 3 is 2.80 bits per heavy atom. The van der Waals surface area contributed by atoms with Crippen LogP contribution >= 0.6 is 0 Å². The van der Waals surface area contributed by atoms with E-state index in [9.17, 15) is 4.79 Å². The van der Waals surface area contributed by atoms with E-state index in [0.717, 1.165) is 5.92 Å². The molecule has 15 heavy (non-hydrogen) atoms. The topological polar surface area (TPSA) is 26.3 Å². The van der Waals surface area contributed by atoms with Crippen molar-refractivity contribution in [3.8, 4) is 0 Å². The lowest BCUT2D eigenvalue weighted by molar-refractivity contribution is -0.143. The van der Waals surface area contributed by atoms with Gasteiger partial charge in [0.15, 0.2) is 0 Å². The molecule has 2 aliphatic rings. The van der Waals surface area contributed by atoms with Crippen LogP contribution in [0.5, 0.6) is 0 Å². The number of esters is 1. The first kappa shape index (κ1) is 10.7. The number of hydrogen-bond donors (Lipinski definition) is 0. The highest BCUT2D eigenvalue weighted by molar-refractivity contribution is 5.86. The molecule has 2 saturated carbocycles. The van der Waals surface area contributed by atoms with E-state index < -0.39 is 0 Å². The van der Waals surface area contributed by atoms with Crippen LogP contribution in [0.25, 0.3) is 0 Å². The van der Waals surface area contributed by atoms with Gasteiger partial charge in [0, 0.05) is 11.0 Å². The Balaban J connectivity index is 1.94. The van der Waals surface area contributed by atoms with Gasteiger partial charge in [-0.25, -0.2) is 4.79 Å². The lowest BCUT2D eigenvalue weighted by atomic mass is 9.77. The van der Waals surface area contributed by atoms with Crippen LogP contribution in [0.1, 0.15) is 39.5 Å². The minimum absolute atomic E-state index is 0.230. The molecule has 0 amide bonds. The standard InChI is InChI=1S/C13H20O2/c1-9(2)12(14)15-8-13-5-4-11(7-13)6-10(13)3/h10-11H,1,4-8H2,2-3H3. The van der Waals surface area contributed by atoms with Crippen molar-refractivity contribution in [3.63, 3.8) is 0 Å². The van der Waals surface area contributed by atoms with Gasteiger partial charge < -0.3 is 4.74 Å². The molecule has 0 saturated heterocycles. The molecule has 2 fully saturated rings. The van der Waals surface area contributed by atoms with Gasteiger partial charge in [-0.15, -0.1) is 0 Å². The SMILES string of the molecule is C=C(C)C(=O)OCC12CCC(CC1C)C2. The molecule has 0 N–H and O–H groups in total. The molecule has 0 aromatic carbocycles. The molecular formula is C13H20O2. The third-order valence-electron chi connectivity index (χ3n) is 4.32. The summed E-state index contributed by atoms with van der Waals surface area (Å²) in [6.07, 6.45) is 5.15. The molecule has 84 valence electrons. The Morgan fingerprint density at radius 2 is 2.33 bits per heavy atom. The van der Waals surface area contributed by atoms with Crippen LogP contribution in [0.4, 0.5) is 0 Å². The number of carbonyl (C=O) groups is 1. The predicted octanol–water partition coefficient (Wildman–Crippen LogP) is 2.93. The summed E-state index contributed by atoms with van der Waals surface area (Å²) in [6.45, 7) is 8.21. The molecule has 3 unspecified atom stereocenters. The fourth-order valence-corrected chi connectivity index (χ4v) is 3.28. The minimum atomic E-state index is -0.230. The van der Waals surface area contributed by atoms with Crippen LogP contribution in [0.15, 0.2) is 12.2 Å². The summed E-state index contributed by atoms with van der Waals surface area (Å²) >= 11 is 0. The summed E-state index contributed by atoms with van der Waals surface area (Å²) < 4.78 is 5.34. The Bertz CT molecular complexity index is 295. The van der Waals surface area contributed by atoms with E-state index in [-0.39, 0.29) is 5.97 Å². The molecule has 2 aliphatic carbocycles. The Labute approximate surface area is 91.7 Å². The third-order valence-corrected chi connectivity index (χ3v) is 4.32. The van der Waals surface area contributed by atoms with E-state index in [2.05, 4.69) is 13.5 Å². The summed E-state index contributed by atoms with van der Waals surface area (Å²) in [7, 11) is 0. The van der Waals surface area contributed by atoms with Crippen LogP contribution in [0, 0.1) is 17.3 Å². The molecule has 0 aliphatic heterocycles. The molecule has 2 bridgehead atoms. The fraction of sp³-hybridized carbons (Fsp3) is 0.769. The number of rotatable bonds is 3. The quantitative estimate of drug-likeness (QED) is 0.526. The van der Waals surface area contributed by atoms with Gasteiger partial charge >= 0.3 is 5.97 Å². The molecular weight excluding hydrogens is 188 g/mol. The van der Waals surface area contributed by atoms with Crippen LogP contribution < -0.4 is 0 Å². The van der Waals surface area contributed by atoms with Crippen molar-refractivity contribution in [3.05, 3.63) is 12.2 Å². The van der Waals surface area contributed by atoms with E-state index in [1.807, 2.05) is 0 Å². The van der Waals surface area contributed by atoms with Crippen molar-refractivity contribution >= 4 is 5.97 Å². The maximum atomic E-state index is 11.4. The molecule has 0 aromatic heterocycles. The van der Waals surface area contributed by atoms with Crippen LogP contribution in [-0.4, -0.2) is 12.6 Å². The Kier molecular flexibility index (Phi) is 2.61. The first-order valence-electron chi connectivity index (χ1n) is 5.86. The Hall–Kier alpha value is -0.790. The lowest BCUT2D eigenvalue weighted by Gasteiger charge is -2.32. The zero-order valence-electron chi connectivity index (χ0n) is 9.71. The van der Waals surface area contributed by atoms with Gasteiger partial charge in [0.1, 0.15) is 0 Å². The molecule has 2 heteroatoms. The van der Waals surface area contributed by atoms with Crippen LogP contribution in [0.2, 0.25) is 0 Å². The second-order valence-electron chi connectivity index (χ2n) is 5.46. The summed E-state index contributed by atoms with van der Waals surface area (Å²) in [5, 5.41) is 0. The minimum Gasteiger partial charge on any atom is -0.462 e. The van der Waals surface area contributed by atoms with Gasteiger partial charge in [0.25, 0.3) is 0 Å². The van der Waals surface area contributed by atoms with E-state index >= 15 is 0 Å². The molecule has 0 radical (unpaired) electrons. The lowest BCUT2D eigenvalue weighted by Crippen LogP contribution is -2.30. The highest BCUT2D eigenvalue weighted by atomic mass is 16.5. The number of ether oxygens (including phenoxy) is 1. The summed E-state index contributed by atoms with van der Waals surface area (Å²) in [5.41, 5.74) is 0.807. The summed E-state index contributed by atoms with van der Waals surface area (Å²) in [4.78, 5) is 11.4. The maximum absolute atomic E-state index is 11.4. The van der Waals surface area contributed by atoms with Gasteiger partial charge in [0.05, 0.1) is 6.61 Å². The van der Waals surface area contributed by atoms with Gasteiger partial charge in [-0.3, -0.25) is 0 Å². The fourth-order valence-electron chi connectivity index (χ4n) is 3.28. The monoisotopic (exact) mass is 208 g/mol. The van der Waals surface area contributed by atoms with E-state index in [0.29, 0.717) is 23.5 Å². The molecule has 0 spiro atoms. The smallest absolute Gasteiger partial charge is 0.333 e. The van der Waals surface area contributed by atoms with Crippen LogP contribution in [0.3, 0.4) is 0 Å². The maximum Gasteiger partial charge on any atom is 0.333 e. The van der Waals surface area contributed by atoms with E-state index in [4.69, 9.17) is 4.74 Å².